The van der Waals surface area contributed by atoms with Gasteiger partial charge in [-0.2, -0.15) is 0 Å². The summed E-state index contributed by atoms with van der Waals surface area (Å²) in [6.45, 7) is 9.96. The van der Waals surface area contributed by atoms with Crippen LogP contribution >= 0.6 is 0 Å². The van der Waals surface area contributed by atoms with Gasteiger partial charge in [-0.25, -0.2) is 0 Å². The van der Waals surface area contributed by atoms with Gasteiger partial charge in [0.15, 0.2) is 0 Å². The van der Waals surface area contributed by atoms with Crippen LogP contribution in [0.3, 0.4) is 0 Å². The number of hydrogen-bond acceptors (Lipinski definition) is 3. The van der Waals surface area contributed by atoms with Gasteiger partial charge in [0, 0.05) is 25.6 Å². The first kappa shape index (κ1) is 19.5. The van der Waals surface area contributed by atoms with E-state index in [1.54, 1.807) is 14.2 Å². The molecule has 0 unspecified atom stereocenters. The predicted octanol–water partition coefficient (Wildman–Crippen LogP) is 5.46. The van der Waals surface area contributed by atoms with Crippen molar-refractivity contribution >= 4 is 11.4 Å². The topological polar surface area (TPSA) is 30.5 Å². The van der Waals surface area contributed by atoms with E-state index < -0.39 is 0 Å². The number of nitrogens with one attached hydrogen (secondary N) is 1. The molecule has 3 nitrogen and oxygen atoms in total. The number of methoxy groups -OCH3 is 2. The van der Waals surface area contributed by atoms with Gasteiger partial charge in [-0.15, -0.1) is 0 Å². The van der Waals surface area contributed by atoms with E-state index >= 15 is 0 Å². The molecule has 0 aliphatic heterocycles. The molecule has 136 valence electrons. The summed E-state index contributed by atoms with van der Waals surface area (Å²) in [7, 11) is 3.46. The lowest BCUT2D eigenvalue weighted by molar-refractivity contribution is 0.180. The van der Waals surface area contributed by atoms with Crippen LogP contribution in [0.5, 0.6) is 0 Å². The van der Waals surface area contributed by atoms with Crippen molar-refractivity contribution in [2.24, 2.45) is 0 Å². The van der Waals surface area contributed by atoms with E-state index in [2.05, 4.69) is 57.3 Å². The van der Waals surface area contributed by atoms with Crippen LogP contribution in [0, 0.1) is 13.8 Å². The van der Waals surface area contributed by atoms with Gasteiger partial charge in [-0.1, -0.05) is 26.0 Å². The fourth-order valence-electron chi connectivity index (χ4n) is 3.21. The standard InChI is InChI=1S/C22H31NO2/c1-7-17-9-19(8-2)15(3)21(11-17)23-22-12-18(13-24-5)10-20(14-25-6)16(22)4/h9-12,23H,7-8,13-14H2,1-6H3. The second-order valence-corrected chi connectivity index (χ2v) is 6.55. The van der Waals surface area contributed by atoms with E-state index in [-0.39, 0.29) is 0 Å². The molecule has 3 heteroatoms. The predicted molar refractivity (Wildman–Crippen MR) is 106 cm³/mol. The van der Waals surface area contributed by atoms with E-state index in [0.717, 1.165) is 24.1 Å². The van der Waals surface area contributed by atoms with Crippen molar-refractivity contribution < 1.29 is 9.47 Å². The summed E-state index contributed by atoms with van der Waals surface area (Å²) in [5, 5.41) is 3.68. The number of benzene rings is 2. The highest BCUT2D eigenvalue weighted by atomic mass is 16.5. The first-order valence-electron chi connectivity index (χ1n) is 9.03. The Labute approximate surface area is 152 Å². The zero-order chi connectivity index (χ0) is 18.4. The third kappa shape index (κ3) is 4.62. The highest BCUT2D eigenvalue weighted by Gasteiger charge is 2.11. The van der Waals surface area contributed by atoms with Crippen LogP contribution in [0.1, 0.15) is 47.2 Å². The Kier molecular flexibility index (Phi) is 7.03. The molecule has 0 saturated carbocycles. The summed E-state index contributed by atoms with van der Waals surface area (Å²) < 4.78 is 10.7. The number of aryl methyl sites for hydroxylation is 2. The van der Waals surface area contributed by atoms with Crippen molar-refractivity contribution in [1.82, 2.24) is 0 Å². The molecule has 1 N–H and O–H groups in total. The highest BCUT2D eigenvalue weighted by molar-refractivity contribution is 5.69. The second kappa shape index (κ2) is 9.02. The normalized spacial score (nSPS) is 11.0. The average molecular weight is 341 g/mol. The van der Waals surface area contributed by atoms with E-state index in [9.17, 15) is 0 Å². The molecule has 0 aliphatic carbocycles. The molecule has 0 atom stereocenters. The molecule has 2 aromatic carbocycles. The largest absolute Gasteiger partial charge is 0.380 e. The van der Waals surface area contributed by atoms with Crippen LogP contribution < -0.4 is 5.32 Å². The molecule has 0 aromatic heterocycles. The molecule has 0 fully saturated rings. The molecule has 0 heterocycles. The lowest BCUT2D eigenvalue weighted by atomic mass is 9.98. The maximum atomic E-state index is 5.38. The molecule has 0 aliphatic rings. The van der Waals surface area contributed by atoms with Gasteiger partial charge in [-0.05, 0) is 72.2 Å². The maximum Gasteiger partial charge on any atom is 0.0716 e. The van der Waals surface area contributed by atoms with Crippen molar-refractivity contribution in [3.05, 3.63) is 57.6 Å². The van der Waals surface area contributed by atoms with Crippen LogP contribution in [-0.4, -0.2) is 14.2 Å². The summed E-state index contributed by atoms with van der Waals surface area (Å²) in [4.78, 5) is 0. The fourth-order valence-corrected chi connectivity index (χ4v) is 3.21. The van der Waals surface area contributed by atoms with Gasteiger partial charge in [0.05, 0.1) is 13.2 Å². The van der Waals surface area contributed by atoms with Gasteiger partial charge in [-0.3, -0.25) is 0 Å². The number of anilines is 2. The highest BCUT2D eigenvalue weighted by Crippen LogP contribution is 2.30. The van der Waals surface area contributed by atoms with E-state index in [4.69, 9.17) is 9.47 Å². The van der Waals surface area contributed by atoms with Crippen LogP contribution in [0.4, 0.5) is 11.4 Å². The van der Waals surface area contributed by atoms with E-state index in [1.165, 1.54) is 33.5 Å². The molecule has 25 heavy (non-hydrogen) atoms. The third-order valence-corrected chi connectivity index (χ3v) is 4.82. The first-order chi connectivity index (χ1) is 12.0. The van der Waals surface area contributed by atoms with Crippen molar-refractivity contribution in [3.8, 4) is 0 Å². The van der Waals surface area contributed by atoms with E-state index in [0.29, 0.717) is 13.2 Å². The molecule has 0 bridgehead atoms. The SMILES string of the molecule is CCc1cc(CC)c(C)c(Nc2cc(COC)cc(COC)c2C)c1. The Hall–Kier alpha value is -1.84. The van der Waals surface area contributed by atoms with Crippen molar-refractivity contribution in [2.75, 3.05) is 19.5 Å². The summed E-state index contributed by atoms with van der Waals surface area (Å²) in [6.07, 6.45) is 2.09. The van der Waals surface area contributed by atoms with Gasteiger partial charge in [0.2, 0.25) is 0 Å². The average Bonchev–Trinajstić information content (AvgIpc) is 2.61. The van der Waals surface area contributed by atoms with Crippen molar-refractivity contribution in [1.29, 1.82) is 0 Å². The lowest BCUT2D eigenvalue weighted by Crippen LogP contribution is -2.04. The minimum atomic E-state index is 0.597. The van der Waals surface area contributed by atoms with Crippen LogP contribution in [0.2, 0.25) is 0 Å². The molecular formula is C22H31NO2. The summed E-state index contributed by atoms with van der Waals surface area (Å²) in [5.41, 5.74) is 9.99. The van der Waals surface area contributed by atoms with Gasteiger partial charge in [0.1, 0.15) is 0 Å². The zero-order valence-corrected chi connectivity index (χ0v) is 16.5. The first-order valence-corrected chi connectivity index (χ1v) is 9.03. The smallest absolute Gasteiger partial charge is 0.0716 e. The van der Waals surface area contributed by atoms with Crippen LogP contribution in [0.15, 0.2) is 24.3 Å². The third-order valence-electron chi connectivity index (χ3n) is 4.82. The van der Waals surface area contributed by atoms with Crippen molar-refractivity contribution in [3.63, 3.8) is 0 Å². The Morgan fingerprint density at radius 3 is 1.84 bits per heavy atom. The summed E-state index contributed by atoms with van der Waals surface area (Å²) >= 11 is 0. The Balaban J connectivity index is 2.48. The minimum absolute atomic E-state index is 0.597. The van der Waals surface area contributed by atoms with Crippen molar-refractivity contribution in [2.45, 2.75) is 53.8 Å². The number of hydrogen-bond donors (Lipinski definition) is 1. The van der Waals surface area contributed by atoms with Gasteiger partial charge >= 0.3 is 0 Å². The Morgan fingerprint density at radius 1 is 0.720 bits per heavy atom. The minimum Gasteiger partial charge on any atom is -0.380 e. The van der Waals surface area contributed by atoms with Crippen LogP contribution in [-0.2, 0) is 35.5 Å². The number of rotatable bonds is 8. The second-order valence-electron chi connectivity index (χ2n) is 6.55. The lowest BCUT2D eigenvalue weighted by Gasteiger charge is -2.19. The fraction of sp³-hybridized carbons (Fsp3) is 0.455. The van der Waals surface area contributed by atoms with Gasteiger partial charge in [0.25, 0.3) is 0 Å². The van der Waals surface area contributed by atoms with E-state index in [1.807, 2.05) is 0 Å². The van der Waals surface area contributed by atoms with Gasteiger partial charge < -0.3 is 14.8 Å². The number of ether oxygens (including phenoxy) is 2. The maximum absolute atomic E-state index is 5.38. The molecule has 2 rings (SSSR count). The Morgan fingerprint density at radius 2 is 1.28 bits per heavy atom. The zero-order valence-electron chi connectivity index (χ0n) is 16.5. The van der Waals surface area contributed by atoms with Crippen LogP contribution in [0.25, 0.3) is 0 Å². The quantitative estimate of drug-likeness (QED) is 0.691. The summed E-state index contributed by atoms with van der Waals surface area (Å²) in [6, 6.07) is 8.94. The molecular weight excluding hydrogens is 310 g/mol. The molecule has 0 spiro atoms. The monoisotopic (exact) mass is 341 g/mol. The molecule has 0 amide bonds. The Bertz CT molecular complexity index is 722. The summed E-state index contributed by atoms with van der Waals surface area (Å²) in [5.74, 6) is 0. The molecule has 0 saturated heterocycles. The molecule has 2 aromatic rings. The molecule has 0 radical (unpaired) electrons.